The Morgan fingerprint density at radius 2 is 0.811 bits per heavy atom. The van der Waals surface area contributed by atoms with Crippen LogP contribution in [-0.2, 0) is 19.6 Å². The summed E-state index contributed by atoms with van der Waals surface area (Å²) < 4.78 is 69.6. The molecule has 0 amide bonds. The Kier molecular flexibility index (Phi) is 15.8. The first-order chi connectivity index (χ1) is 17.0. The SMILES string of the molecule is CCN=C(CCCCCCCCCCCCCC(=NCC)NS(=O)(O)(O)C(C)C)NS(=O)(O)(O)C(C)C. The van der Waals surface area contributed by atoms with Gasteiger partial charge >= 0.3 is 0 Å². The van der Waals surface area contributed by atoms with Crippen LogP contribution in [0.15, 0.2) is 9.98 Å². The fourth-order valence-electron chi connectivity index (χ4n) is 3.56. The average Bonchev–Trinajstić information content (AvgIpc) is 2.75. The largest absolute Gasteiger partial charge is 0.293 e. The van der Waals surface area contributed by atoms with Gasteiger partial charge < -0.3 is 0 Å². The zero-order chi connectivity index (χ0) is 28.6. The molecule has 0 saturated heterocycles. The molecule has 0 aromatic carbocycles. The Balaban J connectivity index is 3.99. The molecule has 224 valence electrons. The van der Waals surface area contributed by atoms with Gasteiger partial charge in [-0.25, -0.2) is 8.42 Å². The predicted octanol–water partition coefficient (Wildman–Crippen LogP) is 6.25. The van der Waals surface area contributed by atoms with Gasteiger partial charge in [-0.3, -0.25) is 37.6 Å². The van der Waals surface area contributed by atoms with Crippen molar-refractivity contribution in [3.05, 3.63) is 0 Å². The van der Waals surface area contributed by atoms with Gasteiger partial charge in [0.25, 0.3) is 0 Å². The Labute approximate surface area is 225 Å². The van der Waals surface area contributed by atoms with Crippen LogP contribution in [0.1, 0.15) is 125 Å². The quantitative estimate of drug-likeness (QED) is 0.0573. The van der Waals surface area contributed by atoms with Crippen LogP contribution in [0, 0.1) is 0 Å². The molecule has 0 aliphatic rings. The molecule has 0 aromatic rings. The van der Waals surface area contributed by atoms with E-state index < -0.39 is 30.1 Å². The molecule has 10 nitrogen and oxygen atoms in total. The summed E-state index contributed by atoms with van der Waals surface area (Å²) in [6, 6.07) is 0. The Morgan fingerprint density at radius 3 is 1.03 bits per heavy atom. The van der Waals surface area contributed by atoms with Gasteiger partial charge in [0.05, 0.1) is 10.5 Å². The number of nitrogens with zero attached hydrogens (tertiary/aromatic N) is 2. The molecular formula is C25H56N4O6S2. The predicted molar refractivity (Wildman–Crippen MR) is 159 cm³/mol. The Morgan fingerprint density at radius 1 is 0.568 bits per heavy atom. The van der Waals surface area contributed by atoms with Gasteiger partial charge in [-0.1, -0.05) is 57.8 Å². The average molecular weight is 573 g/mol. The van der Waals surface area contributed by atoms with Crippen LogP contribution in [0.4, 0.5) is 0 Å². The molecule has 0 saturated carbocycles. The highest BCUT2D eigenvalue weighted by atomic mass is 32.3. The summed E-state index contributed by atoms with van der Waals surface area (Å²) in [6.45, 7) is 10.7. The number of amidine groups is 2. The van der Waals surface area contributed by atoms with Crippen molar-refractivity contribution in [2.75, 3.05) is 13.1 Å². The van der Waals surface area contributed by atoms with Gasteiger partial charge in [-0.15, -0.1) is 0 Å². The van der Waals surface area contributed by atoms with Gasteiger partial charge in [0.1, 0.15) is 11.7 Å². The van der Waals surface area contributed by atoms with Gasteiger partial charge in [-0.2, -0.15) is 0 Å². The van der Waals surface area contributed by atoms with Gasteiger partial charge in [0.2, 0.25) is 0 Å². The first-order valence-electron chi connectivity index (χ1n) is 14.0. The van der Waals surface area contributed by atoms with Crippen LogP contribution in [0.25, 0.3) is 0 Å². The summed E-state index contributed by atoms with van der Waals surface area (Å²) in [4.78, 5) is 8.48. The number of hydrogen-bond donors (Lipinski definition) is 6. The third-order valence-corrected chi connectivity index (χ3v) is 11.0. The molecule has 0 radical (unpaired) electrons. The zero-order valence-electron chi connectivity index (χ0n) is 24.1. The molecule has 0 atom stereocenters. The van der Waals surface area contributed by atoms with Crippen LogP contribution >= 0.6 is 0 Å². The molecule has 0 rings (SSSR count). The molecule has 0 fully saturated rings. The molecule has 0 aromatic heterocycles. The van der Waals surface area contributed by atoms with E-state index in [0.29, 0.717) is 37.6 Å². The smallest absolute Gasteiger partial charge is 0.160 e. The van der Waals surface area contributed by atoms with Crippen molar-refractivity contribution < 1.29 is 26.6 Å². The summed E-state index contributed by atoms with van der Waals surface area (Å²) >= 11 is 0. The summed E-state index contributed by atoms with van der Waals surface area (Å²) in [5, 5.41) is -1.65. The van der Waals surface area contributed by atoms with Gasteiger partial charge in [-0.05, 0) is 54.4 Å². The maximum atomic E-state index is 12.3. The lowest BCUT2D eigenvalue weighted by atomic mass is 10.0. The van der Waals surface area contributed by atoms with E-state index >= 15 is 0 Å². The minimum Gasteiger partial charge on any atom is -0.293 e. The fourth-order valence-corrected chi connectivity index (χ4v) is 5.25. The fraction of sp³-hybridized carbons (Fsp3) is 0.920. The van der Waals surface area contributed by atoms with Crippen molar-refractivity contribution in [1.82, 2.24) is 9.44 Å². The van der Waals surface area contributed by atoms with Gasteiger partial charge in [0.15, 0.2) is 19.6 Å². The lowest BCUT2D eigenvalue weighted by molar-refractivity contribution is 0.370. The number of aliphatic imine (C=N–C) groups is 2. The van der Waals surface area contributed by atoms with Crippen LogP contribution < -0.4 is 9.44 Å². The minimum atomic E-state index is -4.89. The highest BCUT2D eigenvalue weighted by Crippen LogP contribution is 2.21. The summed E-state index contributed by atoms with van der Waals surface area (Å²) in [7, 11) is -9.78. The number of unbranched alkanes of at least 4 members (excludes halogenated alkanes) is 10. The Hall–Kier alpha value is -0.920. The van der Waals surface area contributed by atoms with Crippen molar-refractivity contribution in [2.24, 2.45) is 9.98 Å². The van der Waals surface area contributed by atoms with Crippen molar-refractivity contribution >= 4 is 31.3 Å². The lowest BCUT2D eigenvalue weighted by Crippen LogP contribution is -2.55. The van der Waals surface area contributed by atoms with Crippen LogP contribution in [0.2, 0.25) is 0 Å². The maximum absolute atomic E-state index is 12.3. The van der Waals surface area contributed by atoms with Crippen LogP contribution in [0.5, 0.6) is 0 Å². The molecule has 6 N–H and O–H groups in total. The van der Waals surface area contributed by atoms with Gasteiger partial charge in [0, 0.05) is 25.9 Å². The standard InChI is InChI=1S/C25H56N4O6S2/c1-7-26-24(28-36(30,31,32)22(3)4)20-18-16-14-12-10-9-11-13-15-17-19-21-25(27-8-2)29-37(33,34,35)23(5)6/h22-23H,7-21H2,1-6H3,(H3,26,28,30,31,32)(H3,27,29,33,34,35). The van der Waals surface area contributed by atoms with E-state index in [-0.39, 0.29) is 0 Å². The van der Waals surface area contributed by atoms with Crippen LogP contribution in [0.3, 0.4) is 0 Å². The molecule has 0 aliphatic heterocycles. The van der Waals surface area contributed by atoms with E-state index in [9.17, 15) is 26.6 Å². The number of rotatable bonds is 20. The van der Waals surface area contributed by atoms with E-state index in [1.807, 2.05) is 13.8 Å². The summed E-state index contributed by atoms with van der Waals surface area (Å²) in [5.41, 5.74) is 0. The second kappa shape index (κ2) is 16.2. The third kappa shape index (κ3) is 15.9. The van der Waals surface area contributed by atoms with Crippen LogP contribution in [-0.4, -0.2) is 61.9 Å². The number of nitrogens with one attached hydrogen (secondary N) is 2. The molecule has 0 heterocycles. The van der Waals surface area contributed by atoms with Crippen molar-refractivity contribution in [3.8, 4) is 0 Å². The molecule has 0 aliphatic carbocycles. The van der Waals surface area contributed by atoms with E-state index in [4.69, 9.17) is 0 Å². The van der Waals surface area contributed by atoms with E-state index in [1.165, 1.54) is 47.0 Å². The first kappa shape index (κ1) is 36.1. The van der Waals surface area contributed by atoms with E-state index in [1.54, 1.807) is 0 Å². The summed E-state index contributed by atoms with van der Waals surface area (Å²) in [5.74, 6) is 0.784. The lowest BCUT2D eigenvalue weighted by Gasteiger charge is -2.36. The minimum absolute atomic E-state index is 0.392. The molecule has 37 heavy (non-hydrogen) atoms. The van der Waals surface area contributed by atoms with Crippen molar-refractivity contribution in [2.45, 2.75) is 136 Å². The van der Waals surface area contributed by atoms with Crippen molar-refractivity contribution in [1.29, 1.82) is 0 Å². The third-order valence-electron chi connectivity index (χ3n) is 6.34. The van der Waals surface area contributed by atoms with Crippen molar-refractivity contribution in [3.63, 3.8) is 0 Å². The molecule has 0 unspecified atom stereocenters. The summed E-state index contributed by atoms with van der Waals surface area (Å²) in [6.07, 6.45) is 12.9. The second-order valence-electron chi connectivity index (χ2n) is 10.4. The monoisotopic (exact) mass is 572 g/mol. The molecule has 0 bridgehead atoms. The molecular weight excluding hydrogens is 516 g/mol. The van der Waals surface area contributed by atoms with E-state index in [0.717, 1.165) is 51.4 Å². The topological polar surface area (TPSA) is 164 Å². The first-order valence-corrected chi connectivity index (χ1v) is 17.8. The normalized spacial score (nSPS) is 15.9. The zero-order valence-corrected chi connectivity index (χ0v) is 25.7. The highest BCUT2D eigenvalue weighted by molar-refractivity contribution is 8.09. The van der Waals surface area contributed by atoms with E-state index in [2.05, 4.69) is 19.4 Å². The Bertz CT molecular complexity index is 778. The second-order valence-corrected chi connectivity index (χ2v) is 16.4. The molecule has 12 heteroatoms. The maximum Gasteiger partial charge on any atom is 0.160 e. The molecule has 0 spiro atoms. The number of hydrogen-bond acceptors (Lipinski definition) is 4. The highest BCUT2D eigenvalue weighted by Gasteiger charge is 2.35.